The zero-order valence-electron chi connectivity index (χ0n) is 17.0. The van der Waals surface area contributed by atoms with Crippen LogP contribution in [0.2, 0.25) is 0 Å². The molecule has 1 unspecified atom stereocenters. The predicted molar refractivity (Wildman–Crippen MR) is 113 cm³/mol. The number of carbonyl (C=O) groups is 3. The molecule has 0 aliphatic carbocycles. The Bertz CT molecular complexity index is 1010. The average molecular weight is 430 g/mol. The number of hydrogen-bond donors (Lipinski definition) is 1. The van der Waals surface area contributed by atoms with Gasteiger partial charge in [0.2, 0.25) is 0 Å². The molecule has 1 aromatic heterocycles. The maximum absolute atomic E-state index is 13.1. The Labute approximate surface area is 178 Å². The Morgan fingerprint density at radius 3 is 2.73 bits per heavy atom. The summed E-state index contributed by atoms with van der Waals surface area (Å²) in [6.07, 6.45) is 1.86. The zero-order chi connectivity index (χ0) is 21.5. The first-order chi connectivity index (χ1) is 14.3. The van der Waals surface area contributed by atoms with E-state index in [9.17, 15) is 14.4 Å². The summed E-state index contributed by atoms with van der Waals surface area (Å²) < 4.78 is 4.87. The Balaban J connectivity index is 1.55. The minimum absolute atomic E-state index is 0.160. The van der Waals surface area contributed by atoms with E-state index in [0.29, 0.717) is 29.6 Å². The Morgan fingerprint density at radius 2 is 2.00 bits per heavy atom. The van der Waals surface area contributed by atoms with Gasteiger partial charge >= 0.3 is 12.1 Å². The number of anilines is 2. The van der Waals surface area contributed by atoms with Crippen molar-refractivity contribution in [2.75, 3.05) is 51.1 Å². The second-order valence-electron chi connectivity index (χ2n) is 7.68. The minimum atomic E-state index is -0.354. The highest BCUT2D eigenvalue weighted by Gasteiger charge is 2.50. The largest absolute Gasteiger partial charge is 0.453 e. The number of rotatable bonds is 2. The lowest BCUT2D eigenvalue weighted by atomic mass is 9.82. The van der Waals surface area contributed by atoms with E-state index >= 15 is 0 Å². The molecule has 0 radical (unpaired) electrons. The molecule has 1 atom stereocenters. The molecule has 1 aromatic carbocycles. The summed E-state index contributed by atoms with van der Waals surface area (Å²) in [5, 5.41) is 3.18. The lowest BCUT2D eigenvalue weighted by Crippen LogP contribution is -2.41. The van der Waals surface area contributed by atoms with Crippen LogP contribution in [0.25, 0.3) is 0 Å². The van der Waals surface area contributed by atoms with Crippen molar-refractivity contribution in [3.63, 3.8) is 0 Å². The fourth-order valence-corrected chi connectivity index (χ4v) is 4.96. The molecule has 1 saturated heterocycles. The Morgan fingerprint density at radius 1 is 1.23 bits per heavy atom. The lowest BCUT2D eigenvalue weighted by molar-refractivity contribution is 0.0832. The summed E-state index contributed by atoms with van der Waals surface area (Å²) in [6, 6.07) is 7.45. The second kappa shape index (κ2) is 7.60. The fraction of sp³-hybridized carbons (Fsp3) is 0.400. The number of nitrogens with zero attached hydrogens (tertiary/aromatic N) is 4. The van der Waals surface area contributed by atoms with Gasteiger partial charge in [-0.15, -0.1) is 0 Å². The van der Waals surface area contributed by atoms with Crippen molar-refractivity contribution in [2.24, 2.45) is 0 Å². The quantitative estimate of drug-likeness (QED) is 0.792. The summed E-state index contributed by atoms with van der Waals surface area (Å²) in [5.41, 5.74) is 1.55. The third kappa shape index (κ3) is 3.36. The van der Waals surface area contributed by atoms with Gasteiger partial charge in [-0.1, -0.05) is 29.5 Å². The van der Waals surface area contributed by atoms with E-state index in [-0.39, 0.29) is 23.4 Å². The minimum Gasteiger partial charge on any atom is -0.453 e. The third-order valence-electron chi connectivity index (χ3n) is 5.60. The summed E-state index contributed by atoms with van der Waals surface area (Å²) >= 11 is 1.14. The number of thiazole rings is 1. The highest BCUT2D eigenvalue weighted by atomic mass is 32.1. The fourth-order valence-electron chi connectivity index (χ4n) is 4.13. The van der Waals surface area contributed by atoms with Crippen LogP contribution in [0.15, 0.2) is 30.5 Å². The number of aromatic nitrogens is 1. The van der Waals surface area contributed by atoms with Crippen LogP contribution in [0, 0.1) is 0 Å². The smallest absolute Gasteiger partial charge is 0.409 e. The predicted octanol–water partition coefficient (Wildman–Crippen LogP) is 2.61. The van der Waals surface area contributed by atoms with Gasteiger partial charge in [0, 0.05) is 44.8 Å². The van der Waals surface area contributed by atoms with Crippen LogP contribution in [0.1, 0.15) is 21.7 Å². The molecule has 4 rings (SSSR count). The number of benzene rings is 1. The van der Waals surface area contributed by atoms with E-state index in [1.54, 1.807) is 23.9 Å². The van der Waals surface area contributed by atoms with Crippen LogP contribution >= 0.6 is 11.3 Å². The number of nitrogens with one attached hydrogen (secondary N) is 1. The topological polar surface area (TPSA) is 95.1 Å². The summed E-state index contributed by atoms with van der Waals surface area (Å²) in [5.74, 6) is -0.160. The van der Waals surface area contributed by atoms with E-state index in [4.69, 9.17) is 4.74 Å². The maximum Gasteiger partial charge on any atom is 0.409 e. The van der Waals surface area contributed by atoms with E-state index < -0.39 is 0 Å². The number of para-hydroxylation sites is 1. The molecule has 1 N–H and O–H groups in total. The number of carbonyl (C=O) groups excluding carboxylic acids is 3. The monoisotopic (exact) mass is 429 g/mol. The van der Waals surface area contributed by atoms with E-state index in [1.807, 2.05) is 24.3 Å². The Hall–Kier alpha value is -3.14. The SMILES string of the molecule is COC(=O)N1CCC2(C1)CN(C(=O)Nc1ncc(C(=O)N(C)C)s1)c1ccccc12. The van der Waals surface area contributed by atoms with Crippen molar-refractivity contribution in [3.8, 4) is 0 Å². The van der Waals surface area contributed by atoms with Crippen molar-refractivity contribution in [2.45, 2.75) is 11.8 Å². The van der Waals surface area contributed by atoms with Crippen LogP contribution < -0.4 is 10.2 Å². The molecule has 4 amide bonds. The molecule has 2 aliphatic heterocycles. The van der Waals surface area contributed by atoms with Gasteiger partial charge < -0.3 is 14.5 Å². The molecule has 158 valence electrons. The van der Waals surface area contributed by atoms with Crippen molar-refractivity contribution in [1.82, 2.24) is 14.8 Å². The van der Waals surface area contributed by atoms with Gasteiger partial charge in [-0.05, 0) is 18.1 Å². The van der Waals surface area contributed by atoms with Crippen molar-refractivity contribution in [3.05, 3.63) is 40.9 Å². The van der Waals surface area contributed by atoms with Gasteiger partial charge in [-0.3, -0.25) is 15.0 Å². The molecule has 2 aliphatic rings. The van der Waals surface area contributed by atoms with Crippen molar-refractivity contribution < 1.29 is 19.1 Å². The number of fused-ring (bicyclic) bond motifs is 2. The van der Waals surface area contributed by atoms with Gasteiger partial charge in [0.15, 0.2) is 5.13 Å². The standard InChI is InChI=1S/C20H23N5O4S/c1-23(2)16(26)15-10-21-17(30-15)22-18(27)25-12-20(13-6-4-5-7-14(13)25)8-9-24(11-20)19(28)29-3/h4-7,10H,8-9,11-12H2,1-3H3,(H,21,22,27). The van der Waals surface area contributed by atoms with Gasteiger partial charge in [0.05, 0.1) is 13.3 Å². The van der Waals surface area contributed by atoms with Gasteiger partial charge in [-0.2, -0.15) is 0 Å². The summed E-state index contributed by atoms with van der Waals surface area (Å²) in [4.78, 5) is 46.6. The first kappa shape index (κ1) is 20.1. The highest BCUT2D eigenvalue weighted by Crippen LogP contribution is 2.46. The summed E-state index contributed by atoms with van der Waals surface area (Å²) in [6.45, 7) is 1.54. The Kier molecular flexibility index (Phi) is 5.10. The number of amides is 4. The average Bonchev–Trinajstić information content (AvgIpc) is 3.46. The van der Waals surface area contributed by atoms with E-state index in [2.05, 4.69) is 10.3 Å². The molecule has 1 spiro atoms. The third-order valence-corrected chi connectivity index (χ3v) is 6.50. The van der Waals surface area contributed by atoms with Crippen molar-refractivity contribution >= 4 is 40.2 Å². The molecule has 3 heterocycles. The van der Waals surface area contributed by atoms with E-state index in [0.717, 1.165) is 29.0 Å². The molecule has 0 bridgehead atoms. The van der Waals surface area contributed by atoms with Crippen molar-refractivity contribution in [1.29, 1.82) is 0 Å². The van der Waals surface area contributed by atoms with Crippen LogP contribution in [-0.2, 0) is 10.2 Å². The normalized spacial score (nSPS) is 19.7. The van der Waals surface area contributed by atoms with Gasteiger partial charge in [-0.25, -0.2) is 14.6 Å². The number of likely N-dealkylation sites (tertiary alicyclic amines) is 1. The van der Waals surface area contributed by atoms with Gasteiger partial charge in [0.1, 0.15) is 4.88 Å². The zero-order valence-corrected chi connectivity index (χ0v) is 17.9. The molecule has 30 heavy (non-hydrogen) atoms. The van der Waals surface area contributed by atoms with Crippen LogP contribution in [-0.4, -0.2) is 73.7 Å². The first-order valence-corrected chi connectivity index (χ1v) is 10.3. The highest BCUT2D eigenvalue weighted by molar-refractivity contribution is 7.17. The van der Waals surface area contributed by atoms with Crippen LogP contribution in [0.5, 0.6) is 0 Å². The number of hydrogen-bond acceptors (Lipinski definition) is 6. The number of ether oxygens (including phenoxy) is 1. The second-order valence-corrected chi connectivity index (χ2v) is 8.72. The molecule has 2 aromatic rings. The molecule has 10 heteroatoms. The van der Waals surface area contributed by atoms with Crippen LogP contribution in [0.4, 0.5) is 20.4 Å². The molecule has 1 fully saturated rings. The van der Waals surface area contributed by atoms with Crippen LogP contribution in [0.3, 0.4) is 0 Å². The molecule has 9 nitrogen and oxygen atoms in total. The molecule has 0 saturated carbocycles. The maximum atomic E-state index is 13.1. The number of urea groups is 1. The molecular weight excluding hydrogens is 406 g/mol. The molecular formula is C20H23N5O4S. The summed E-state index contributed by atoms with van der Waals surface area (Å²) in [7, 11) is 4.71. The van der Waals surface area contributed by atoms with E-state index in [1.165, 1.54) is 18.2 Å². The van der Waals surface area contributed by atoms with Gasteiger partial charge in [0.25, 0.3) is 5.91 Å². The lowest BCUT2D eigenvalue weighted by Gasteiger charge is -2.25. The first-order valence-electron chi connectivity index (χ1n) is 9.53. The number of methoxy groups -OCH3 is 1.